The summed E-state index contributed by atoms with van der Waals surface area (Å²) in [6.45, 7) is 1.30. The molecule has 2 N–H and O–H groups in total. The van der Waals surface area contributed by atoms with E-state index >= 15 is 0 Å². The van der Waals surface area contributed by atoms with Crippen LogP contribution in [-0.4, -0.2) is 39.1 Å². The predicted molar refractivity (Wildman–Crippen MR) is 100 cm³/mol. The first-order chi connectivity index (χ1) is 14.1. The summed E-state index contributed by atoms with van der Waals surface area (Å²) in [6.07, 6.45) is -6.18. The molecule has 0 aromatic carbocycles. The lowest BCUT2D eigenvalue weighted by atomic mass is 10.1. The molecule has 1 aliphatic rings. The van der Waals surface area contributed by atoms with E-state index in [4.69, 9.17) is 0 Å². The van der Waals surface area contributed by atoms with Gasteiger partial charge in [-0.05, 0) is 18.6 Å². The number of carbonyl (C=O) groups is 1. The second-order valence-electron chi connectivity index (χ2n) is 6.84. The monoisotopic (exact) mass is 469 g/mol. The van der Waals surface area contributed by atoms with Crippen molar-refractivity contribution in [3.05, 3.63) is 41.6 Å². The molecular weight excluding hydrogens is 452 g/mol. The first kappa shape index (κ1) is 24.8. The highest BCUT2D eigenvalue weighted by atomic mass is 35.5. The lowest BCUT2D eigenvalue weighted by molar-refractivity contribution is -0.145. The molecule has 6 nitrogen and oxygen atoms in total. The van der Waals surface area contributed by atoms with Gasteiger partial charge in [0.15, 0.2) is 0 Å². The van der Waals surface area contributed by atoms with Crippen LogP contribution in [0.25, 0.3) is 11.3 Å². The van der Waals surface area contributed by atoms with Gasteiger partial charge in [-0.25, -0.2) is 23.1 Å². The number of rotatable bonds is 5. The summed E-state index contributed by atoms with van der Waals surface area (Å²) in [6, 6.07) is -0.0599. The van der Waals surface area contributed by atoms with Gasteiger partial charge in [0.25, 0.3) is 6.43 Å². The van der Waals surface area contributed by atoms with E-state index in [-0.39, 0.29) is 42.2 Å². The molecule has 1 amide bonds. The van der Waals surface area contributed by atoms with E-state index < -0.39 is 48.2 Å². The van der Waals surface area contributed by atoms with Crippen LogP contribution in [-0.2, 0) is 17.5 Å². The van der Waals surface area contributed by atoms with Crippen molar-refractivity contribution in [1.82, 2.24) is 25.6 Å². The maximum atomic E-state index is 13.6. The van der Waals surface area contributed by atoms with Gasteiger partial charge in [-0.15, -0.1) is 12.4 Å². The molecule has 0 spiro atoms. The van der Waals surface area contributed by atoms with Gasteiger partial charge in [0.05, 0.1) is 11.7 Å². The molecule has 0 aliphatic carbocycles. The molecule has 2 aromatic heterocycles. The summed E-state index contributed by atoms with van der Waals surface area (Å²) in [4.78, 5) is 22.5. The number of nitrogens with one attached hydrogen (secondary N) is 2. The van der Waals surface area contributed by atoms with Crippen LogP contribution < -0.4 is 10.6 Å². The molecule has 3 heterocycles. The zero-order valence-corrected chi connectivity index (χ0v) is 16.8. The van der Waals surface area contributed by atoms with Crippen molar-refractivity contribution >= 4 is 18.3 Å². The largest absolute Gasteiger partial charge is 0.451 e. The topological polar surface area (TPSA) is 79.8 Å². The van der Waals surface area contributed by atoms with E-state index in [1.165, 1.54) is 6.07 Å². The number of alkyl halides is 6. The minimum Gasteiger partial charge on any atom is -0.351 e. The van der Waals surface area contributed by atoms with E-state index in [1.807, 2.05) is 0 Å². The van der Waals surface area contributed by atoms with Crippen molar-refractivity contribution in [1.29, 1.82) is 0 Å². The van der Waals surface area contributed by atoms with E-state index in [0.717, 1.165) is 18.6 Å². The molecule has 31 heavy (non-hydrogen) atoms. The Hall–Kier alpha value is -2.47. The van der Waals surface area contributed by atoms with Crippen LogP contribution in [0.1, 0.15) is 36.7 Å². The van der Waals surface area contributed by atoms with Gasteiger partial charge >= 0.3 is 6.18 Å². The van der Waals surface area contributed by atoms with E-state index in [1.54, 1.807) is 6.92 Å². The Bertz CT molecular complexity index is 901. The number of nitrogens with zero attached hydrogens (tertiary/aromatic N) is 3. The summed E-state index contributed by atoms with van der Waals surface area (Å²) in [5.41, 5.74) is -0.272. The zero-order chi connectivity index (χ0) is 22.1. The fourth-order valence-electron chi connectivity index (χ4n) is 3.03. The summed E-state index contributed by atoms with van der Waals surface area (Å²) in [7, 11) is 0. The van der Waals surface area contributed by atoms with Crippen LogP contribution in [0.4, 0.5) is 26.3 Å². The van der Waals surface area contributed by atoms with Crippen LogP contribution in [0.3, 0.4) is 0 Å². The summed E-state index contributed by atoms with van der Waals surface area (Å²) < 4.78 is 78.0. The van der Waals surface area contributed by atoms with Gasteiger partial charge in [-0.1, -0.05) is 0 Å². The molecule has 2 aromatic rings. The molecule has 3 rings (SSSR count). The Kier molecular flexibility index (Phi) is 7.82. The minimum atomic E-state index is -4.72. The van der Waals surface area contributed by atoms with Crippen LogP contribution in [0.2, 0.25) is 0 Å². The fourth-order valence-corrected chi connectivity index (χ4v) is 3.03. The summed E-state index contributed by atoms with van der Waals surface area (Å²) >= 11 is 0. The molecule has 170 valence electrons. The average Bonchev–Trinajstić information content (AvgIpc) is 3.04. The van der Waals surface area contributed by atoms with Crippen LogP contribution in [0.5, 0.6) is 0 Å². The van der Waals surface area contributed by atoms with Gasteiger partial charge in [0.1, 0.15) is 6.17 Å². The van der Waals surface area contributed by atoms with Crippen LogP contribution >= 0.6 is 12.4 Å². The number of carbonyl (C=O) groups excluding carboxylic acids is 1. The standard InChI is InChI=1S/C18H17F6N5O.ClH/c1-8-12(19)3-14(29-8)16(30)26-4-9-2-13(25-7-11(9)15(20)21)10-5-27-17(28-6-10)18(22,23)24;/h2,5-8,12,14-15,29H,3-4H2,1H3,(H,26,30);1H/t8-,12+,14-;/m0./s1. The third-order valence-corrected chi connectivity index (χ3v) is 4.70. The molecule has 1 aliphatic heterocycles. The highest BCUT2D eigenvalue weighted by Gasteiger charge is 2.35. The highest BCUT2D eigenvalue weighted by molar-refractivity contribution is 5.85. The molecule has 0 unspecified atom stereocenters. The van der Waals surface area contributed by atoms with Crippen LogP contribution in [0.15, 0.2) is 24.7 Å². The first-order valence-electron chi connectivity index (χ1n) is 8.90. The van der Waals surface area contributed by atoms with Crippen molar-refractivity contribution < 1.29 is 31.1 Å². The Morgan fingerprint density at radius 1 is 1.23 bits per heavy atom. The van der Waals surface area contributed by atoms with Gasteiger partial charge in [-0.2, -0.15) is 13.2 Å². The third kappa shape index (κ3) is 5.82. The number of pyridine rings is 1. The van der Waals surface area contributed by atoms with Gasteiger partial charge in [-0.3, -0.25) is 9.78 Å². The predicted octanol–water partition coefficient (Wildman–Crippen LogP) is 3.62. The first-order valence-corrected chi connectivity index (χ1v) is 8.90. The number of halogens is 7. The van der Waals surface area contributed by atoms with E-state index in [0.29, 0.717) is 0 Å². The maximum absolute atomic E-state index is 13.6. The second kappa shape index (κ2) is 9.77. The van der Waals surface area contributed by atoms with Crippen molar-refractivity contribution in [2.45, 2.75) is 50.7 Å². The third-order valence-electron chi connectivity index (χ3n) is 4.70. The van der Waals surface area contributed by atoms with Crippen molar-refractivity contribution in [2.24, 2.45) is 0 Å². The SMILES string of the molecule is C[C@@H]1N[C@H](C(=O)NCc2cc(-c3cnc(C(F)(F)F)nc3)ncc2C(F)F)C[C@H]1F.Cl. The molecule has 0 bridgehead atoms. The van der Waals surface area contributed by atoms with E-state index in [9.17, 15) is 31.1 Å². The zero-order valence-electron chi connectivity index (χ0n) is 16.0. The number of aromatic nitrogens is 3. The molecule has 13 heteroatoms. The molecule has 1 saturated heterocycles. The summed E-state index contributed by atoms with van der Waals surface area (Å²) in [5.74, 6) is -1.88. The van der Waals surface area contributed by atoms with Gasteiger partial charge < -0.3 is 10.6 Å². The lowest BCUT2D eigenvalue weighted by Crippen LogP contribution is -2.42. The second-order valence-corrected chi connectivity index (χ2v) is 6.84. The van der Waals surface area contributed by atoms with Gasteiger partial charge in [0.2, 0.25) is 11.7 Å². The van der Waals surface area contributed by atoms with Crippen molar-refractivity contribution in [3.8, 4) is 11.3 Å². The molecule has 1 fully saturated rings. The molecule has 0 radical (unpaired) electrons. The minimum absolute atomic E-state index is 0. The number of hydrogen-bond acceptors (Lipinski definition) is 5. The fraction of sp³-hybridized carbons (Fsp3) is 0.444. The Morgan fingerprint density at radius 3 is 2.39 bits per heavy atom. The molecular formula is C18H18ClF6N5O. The Labute approximate surface area is 179 Å². The smallest absolute Gasteiger partial charge is 0.351 e. The number of amides is 1. The Morgan fingerprint density at radius 2 is 1.87 bits per heavy atom. The molecule has 3 atom stereocenters. The maximum Gasteiger partial charge on any atom is 0.451 e. The number of hydrogen-bond donors (Lipinski definition) is 2. The van der Waals surface area contributed by atoms with Gasteiger partial charge in [0, 0.05) is 48.7 Å². The van der Waals surface area contributed by atoms with Crippen molar-refractivity contribution in [3.63, 3.8) is 0 Å². The summed E-state index contributed by atoms with van der Waals surface area (Å²) in [5, 5.41) is 5.25. The average molecular weight is 470 g/mol. The normalized spacial score (nSPS) is 21.1. The quantitative estimate of drug-likeness (QED) is 0.654. The highest BCUT2D eigenvalue weighted by Crippen LogP contribution is 2.29. The Balaban J connectivity index is 0.00000341. The van der Waals surface area contributed by atoms with Crippen molar-refractivity contribution in [2.75, 3.05) is 0 Å². The lowest BCUT2D eigenvalue weighted by Gasteiger charge is -2.15. The van der Waals surface area contributed by atoms with E-state index in [2.05, 4.69) is 25.6 Å². The van der Waals surface area contributed by atoms with Crippen LogP contribution in [0, 0.1) is 0 Å². The molecule has 0 saturated carbocycles.